The van der Waals surface area contributed by atoms with Gasteiger partial charge in [-0.2, -0.15) is 0 Å². The number of unbranched alkanes of at least 4 members (excludes halogenated alkanes) is 2. The van der Waals surface area contributed by atoms with Crippen molar-refractivity contribution < 1.29 is 0 Å². The highest BCUT2D eigenvalue weighted by atomic mass is 15.1. The van der Waals surface area contributed by atoms with E-state index < -0.39 is 0 Å². The Balaban J connectivity index is 0.969. The van der Waals surface area contributed by atoms with Crippen molar-refractivity contribution in [1.82, 2.24) is 14.1 Å². The molecule has 1 aliphatic carbocycles. The molecule has 3 heteroatoms. The summed E-state index contributed by atoms with van der Waals surface area (Å²) < 4.78 is 4.85. The molecule has 3 nitrogen and oxygen atoms in total. The molecule has 10 aromatic rings. The maximum atomic E-state index is 3.57. The third-order valence-corrected chi connectivity index (χ3v) is 15.8. The van der Waals surface area contributed by atoms with Gasteiger partial charge in [0.25, 0.3) is 0 Å². The first-order valence-electron chi connectivity index (χ1n) is 26.1. The zero-order valence-corrected chi connectivity index (χ0v) is 40.7. The van der Waals surface area contributed by atoms with Gasteiger partial charge in [-0.25, -0.2) is 0 Å². The normalized spacial score (nSPS) is 14.7. The highest BCUT2D eigenvalue weighted by Gasteiger charge is 2.27. The number of H-pyrrole nitrogens is 1. The van der Waals surface area contributed by atoms with E-state index in [0.29, 0.717) is 5.92 Å². The van der Waals surface area contributed by atoms with Crippen LogP contribution in [0.2, 0.25) is 0 Å². The number of para-hydroxylation sites is 1. The van der Waals surface area contributed by atoms with Crippen molar-refractivity contribution in [3.63, 3.8) is 0 Å². The number of nitrogens with zero attached hydrogens (tertiary/aromatic N) is 2. The van der Waals surface area contributed by atoms with Crippen LogP contribution < -0.4 is 0 Å². The molecule has 0 saturated carbocycles. The first-order chi connectivity index (χ1) is 33.5. The van der Waals surface area contributed by atoms with Crippen molar-refractivity contribution in [2.24, 2.45) is 11.8 Å². The summed E-state index contributed by atoms with van der Waals surface area (Å²) in [7, 11) is 0. The molecule has 0 bridgehead atoms. The first-order valence-corrected chi connectivity index (χ1v) is 26.1. The summed E-state index contributed by atoms with van der Waals surface area (Å²) in [6.45, 7) is 9.43. The van der Waals surface area contributed by atoms with Crippen LogP contribution in [0.1, 0.15) is 119 Å². The monoisotopic (exact) mass is 890 g/mol. The van der Waals surface area contributed by atoms with Crippen molar-refractivity contribution in [3.05, 3.63) is 192 Å². The third kappa shape index (κ3) is 8.18. The SMILES string of the molecule is CCCCC(CC)Cc1ccc2c(c1)-c1cc(CC(CC)CCCC)ccc1[C@@H](c1ccc3c(c1)c1ccccc1n3-c1ccc(-n3c4ccc(-c5ccccc5)cc4c4cc[nH]c43)cc1)CC2. The van der Waals surface area contributed by atoms with Gasteiger partial charge >= 0.3 is 0 Å². The minimum atomic E-state index is 0.306. The Morgan fingerprint density at radius 1 is 0.515 bits per heavy atom. The second-order valence-electron chi connectivity index (χ2n) is 20.1. The largest absolute Gasteiger partial charge is 0.347 e. The Labute approximate surface area is 403 Å². The van der Waals surface area contributed by atoms with Gasteiger partial charge in [0.2, 0.25) is 0 Å². The Morgan fingerprint density at radius 2 is 1.15 bits per heavy atom. The van der Waals surface area contributed by atoms with E-state index in [0.717, 1.165) is 36.0 Å². The number of rotatable bonds is 16. The fourth-order valence-electron chi connectivity index (χ4n) is 12.0. The lowest BCUT2D eigenvalue weighted by molar-refractivity contribution is 0.449. The molecule has 68 heavy (non-hydrogen) atoms. The van der Waals surface area contributed by atoms with E-state index in [2.05, 4.69) is 206 Å². The Morgan fingerprint density at radius 3 is 1.88 bits per heavy atom. The smallest absolute Gasteiger partial charge is 0.123 e. The Kier molecular flexibility index (Phi) is 12.4. The maximum absolute atomic E-state index is 3.57. The van der Waals surface area contributed by atoms with Gasteiger partial charge in [0.15, 0.2) is 0 Å². The summed E-state index contributed by atoms with van der Waals surface area (Å²) >= 11 is 0. The quantitative estimate of drug-likeness (QED) is 0.100. The van der Waals surface area contributed by atoms with E-state index in [1.807, 2.05) is 0 Å². The molecular weight excluding hydrogens is 823 g/mol. The summed E-state index contributed by atoms with van der Waals surface area (Å²) in [4.78, 5) is 3.57. The van der Waals surface area contributed by atoms with Crippen molar-refractivity contribution in [1.29, 1.82) is 0 Å². The van der Waals surface area contributed by atoms with Crippen LogP contribution in [0.25, 0.3) is 77.4 Å². The van der Waals surface area contributed by atoms with E-state index in [-0.39, 0.29) is 0 Å². The Hall–Kier alpha value is -6.58. The van der Waals surface area contributed by atoms with Crippen LogP contribution in [0.5, 0.6) is 0 Å². The molecule has 7 aromatic carbocycles. The lowest BCUT2D eigenvalue weighted by atomic mass is 9.83. The summed E-state index contributed by atoms with van der Waals surface area (Å²) in [6, 6.07) is 60.5. The molecule has 3 heterocycles. The average Bonchev–Trinajstić information content (AvgIpc) is 4.05. The molecule has 0 fully saturated rings. The van der Waals surface area contributed by atoms with Crippen LogP contribution in [-0.4, -0.2) is 14.1 Å². The first kappa shape index (κ1) is 44.0. The number of benzene rings is 7. The second-order valence-corrected chi connectivity index (χ2v) is 20.1. The molecule has 342 valence electrons. The highest BCUT2D eigenvalue weighted by molar-refractivity contribution is 6.11. The molecule has 3 atom stereocenters. The predicted octanol–water partition coefficient (Wildman–Crippen LogP) is 18.1. The lowest BCUT2D eigenvalue weighted by Crippen LogP contribution is -2.06. The summed E-state index contributed by atoms with van der Waals surface area (Å²) in [5.74, 6) is 1.79. The van der Waals surface area contributed by atoms with Gasteiger partial charge in [-0.3, -0.25) is 4.57 Å². The van der Waals surface area contributed by atoms with Gasteiger partial charge in [-0.05, 0) is 148 Å². The Bertz CT molecular complexity index is 3360. The molecular formula is C65H67N3. The number of fused-ring (bicyclic) bond motifs is 9. The summed E-state index contributed by atoms with van der Waals surface area (Å²) in [5, 5.41) is 5.12. The molecule has 2 unspecified atom stereocenters. The number of aromatic amines is 1. The number of hydrogen-bond donors (Lipinski definition) is 1. The van der Waals surface area contributed by atoms with Crippen LogP contribution in [0, 0.1) is 11.8 Å². The fraction of sp³-hybridized carbons (Fsp3) is 0.292. The molecule has 0 amide bonds. The maximum Gasteiger partial charge on any atom is 0.123 e. The highest BCUT2D eigenvalue weighted by Crippen LogP contribution is 2.45. The summed E-state index contributed by atoms with van der Waals surface area (Å²) in [5.41, 5.74) is 20.0. The molecule has 0 radical (unpaired) electrons. The van der Waals surface area contributed by atoms with Crippen molar-refractivity contribution in [3.8, 4) is 33.6 Å². The van der Waals surface area contributed by atoms with Crippen LogP contribution in [0.4, 0.5) is 0 Å². The fourth-order valence-corrected chi connectivity index (χ4v) is 12.0. The van der Waals surface area contributed by atoms with Crippen molar-refractivity contribution >= 4 is 43.7 Å². The molecule has 0 spiro atoms. The van der Waals surface area contributed by atoms with E-state index in [9.17, 15) is 0 Å². The average molecular weight is 890 g/mol. The topological polar surface area (TPSA) is 25.6 Å². The number of nitrogens with one attached hydrogen (secondary N) is 1. The van der Waals surface area contributed by atoms with E-state index >= 15 is 0 Å². The van der Waals surface area contributed by atoms with Crippen LogP contribution in [-0.2, 0) is 19.3 Å². The number of aromatic nitrogens is 3. The minimum absolute atomic E-state index is 0.306. The van der Waals surface area contributed by atoms with Crippen molar-refractivity contribution in [2.75, 3.05) is 0 Å². The molecule has 1 N–H and O–H groups in total. The zero-order valence-electron chi connectivity index (χ0n) is 40.7. The van der Waals surface area contributed by atoms with E-state index in [4.69, 9.17) is 0 Å². The number of aryl methyl sites for hydroxylation is 1. The number of hydrogen-bond acceptors (Lipinski definition) is 0. The standard InChI is InChI=1S/C65H67N3/c1-5-9-16-44(7-3)38-46-22-24-49-25-33-54(55-32-23-47(41-59(55)58(49)40-46)39-45(8-4)17-10-6-2)51-27-35-63-60(43-51)56-20-14-15-21-62(56)67(63)52-28-30-53(31-29-52)68-64-34-26-50(48-18-12-11-13-19-48)42-61(64)57-36-37-66-65(57)68/h11-15,18-24,26-32,34-37,40-45,54,66H,5-10,16-17,25,33,38-39H2,1-4H3/t44?,45?,54-/m1/s1. The molecule has 11 rings (SSSR count). The van der Waals surface area contributed by atoms with Crippen LogP contribution in [0.15, 0.2) is 164 Å². The van der Waals surface area contributed by atoms with Crippen molar-refractivity contribution in [2.45, 2.75) is 111 Å². The van der Waals surface area contributed by atoms with Gasteiger partial charge in [0.05, 0.1) is 16.6 Å². The molecule has 0 aliphatic heterocycles. The van der Waals surface area contributed by atoms with Gasteiger partial charge in [0.1, 0.15) is 5.65 Å². The van der Waals surface area contributed by atoms with Crippen LogP contribution in [0.3, 0.4) is 0 Å². The van der Waals surface area contributed by atoms with Crippen LogP contribution >= 0.6 is 0 Å². The lowest BCUT2D eigenvalue weighted by Gasteiger charge is -2.22. The third-order valence-electron chi connectivity index (χ3n) is 15.8. The van der Waals surface area contributed by atoms with E-state index in [1.165, 1.54) is 158 Å². The van der Waals surface area contributed by atoms with Gasteiger partial charge in [-0.15, -0.1) is 0 Å². The molecule has 3 aromatic heterocycles. The second kappa shape index (κ2) is 19.2. The van der Waals surface area contributed by atoms with E-state index in [1.54, 1.807) is 0 Å². The summed E-state index contributed by atoms with van der Waals surface area (Å²) in [6.07, 6.45) is 16.9. The van der Waals surface area contributed by atoms with Gasteiger partial charge in [-0.1, -0.05) is 176 Å². The molecule has 0 saturated heterocycles. The minimum Gasteiger partial charge on any atom is -0.347 e. The van der Waals surface area contributed by atoms with Gasteiger partial charge in [0, 0.05) is 45.0 Å². The zero-order chi connectivity index (χ0) is 46.1. The molecule has 1 aliphatic rings. The van der Waals surface area contributed by atoms with Gasteiger partial charge < -0.3 is 9.55 Å². The predicted molar refractivity (Wildman–Crippen MR) is 291 cm³/mol.